The summed E-state index contributed by atoms with van der Waals surface area (Å²) in [7, 11) is 0. The summed E-state index contributed by atoms with van der Waals surface area (Å²) in [6, 6.07) is 29.3. The monoisotopic (exact) mass is 365 g/mol. The molecule has 5 rings (SSSR count). The molecule has 0 saturated heterocycles. The van der Waals surface area contributed by atoms with E-state index in [4.69, 9.17) is 0 Å². The molecule has 136 valence electrons. The number of rotatable bonds is 5. The number of unbranched alkanes of at least 4 members (excludes halogenated alkanes) is 1. The molecule has 3 aromatic carbocycles. The molecule has 28 heavy (non-hydrogen) atoms. The maximum atomic E-state index is 3.45. The Kier molecular flexibility index (Phi) is 4.16. The van der Waals surface area contributed by atoms with E-state index in [1.165, 1.54) is 40.3 Å². The molecule has 0 spiro atoms. The molecule has 3 heteroatoms. The highest BCUT2D eigenvalue weighted by molar-refractivity contribution is 6.09. The Labute approximate surface area is 164 Å². The van der Waals surface area contributed by atoms with Gasteiger partial charge in [0.1, 0.15) is 0 Å². The zero-order valence-corrected chi connectivity index (χ0v) is 16.0. The number of benzene rings is 3. The van der Waals surface area contributed by atoms with Crippen LogP contribution in [0.15, 0.2) is 85.2 Å². The van der Waals surface area contributed by atoms with Gasteiger partial charge in [-0.1, -0.05) is 58.9 Å². The number of hydrogen-bond donors (Lipinski definition) is 0. The molecule has 0 N–H and O–H groups in total. The molecule has 3 nitrogen and oxygen atoms in total. The fourth-order valence-corrected chi connectivity index (χ4v) is 3.91. The molecule has 1 aliphatic heterocycles. The first-order chi connectivity index (χ1) is 13.8. The Morgan fingerprint density at radius 1 is 0.821 bits per heavy atom. The Hall–Kier alpha value is -3.42. The summed E-state index contributed by atoms with van der Waals surface area (Å²) >= 11 is 0. The van der Waals surface area contributed by atoms with Crippen molar-refractivity contribution in [3.63, 3.8) is 0 Å². The van der Waals surface area contributed by atoms with Crippen LogP contribution in [0.5, 0.6) is 0 Å². The lowest BCUT2D eigenvalue weighted by Gasteiger charge is -2.07. The standard InChI is InChI=1S/C25H23N3/c1-2-3-15-26-16-17-27(19-26)21-13-14-23-22-11-7-8-12-24(22)28(25(23)18-21)20-9-5-4-6-10-20/h4-14,16-18H,2-3,15H2,1H3/q+2. The summed E-state index contributed by atoms with van der Waals surface area (Å²) in [4.78, 5) is 0. The summed E-state index contributed by atoms with van der Waals surface area (Å²) in [5.41, 5.74) is 4.76. The van der Waals surface area contributed by atoms with E-state index in [1.807, 2.05) is 0 Å². The molecule has 1 aliphatic rings. The predicted octanol–water partition coefficient (Wildman–Crippen LogP) is 5.90. The molecule has 1 aromatic heterocycles. The third kappa shape index (κ3) is 2.77. The van der Waals surface area contributed by atoms with Crippen molar-refractivity contribution in [1.29, 1.82) is 0 Å². The smallest absolute Gasteiger partial charge is 0.309 e. The van der Waals surface area contributed by atoms with Gasteiger partial charge in [-0.3, -0.25) is 0 Å². The maximum absolute atomic E-state index is 3.45. The molecule has 0 aliphatic carbocycles. The van der Waals surface area contributed by atoms with Crippen molar-refractivity contribution in [2.24, 2.45) is 0 Å². The van der Waals surface area contributed by atoms with E-state index in [-0.39, 0.29) is 0 Å². The lowest BCUT2D eigenvalue weighted by Crippen LogP contribution is -2.03. The van der Waals surface area contributed by atoms with Gasteiger partial charge in [0.25, 0.3) is 6.20 Å². The van der Waals surface area contributed by atoms with Gasteiger partial charge in [-0.2, -0.15) is 0 Å². The molecule has 0 radical (unpaired) electrons. The first kappa shape index (κ1) is 16.7. The highest BCUT2D eigenvalue weighted by atomic mass is 15.1. The second-order valence-corrected chi connectivity index (χ2v) is 7.20. The maximum Gasteiger partial charge on any atom is 0.495 e. The molecule has 2 heterocycles. The van der Waals surface area contributed by atoms with E-state index in [9.17, 15) is 0 Å². The SMILES string of the molecule is CCCC[N+]1=C=[N+](c2ccc3c4ccccc4n(-c4ccccc4)c3c2)C=C1. The van der Waals surface area contributed by atoms with Crippen LogP contribution in [0.4, 0.5) is 5.69 Å². The van der Waals surface area contributed by atoms with Gasteiger partial charge in [-0.25, -0.2) is 0 Å². The average molecular weight is 365 g/mol. The van der Waals surface area contributed by atoms with Crippen LogP contribution in [-0.2, 0) is 0 Å². The third-order valence-electron chi connectivity index (χ3n) is 5.33. The first-order valence-electron chi connectivity index (χ1n) is 9.94. The third-order valence-corrected chi connectivity index (χ3v) is 5.33. The van der Waals surface area contributed by atoms with Crippen LogP contribution >= 0.6 is 0 Å². The summed E-state index contributed by atoms with van der Waals surface area (Å²) in [6.45, 7) is 3.23. The molecule has 0 unspecified atom stereocenters. The summed E-state index contributed by atoms with van der Waals surface area (Å²) in [5, 5.41) is 2.55. The number of aromatic nitrogens is 1. The Morgan fingerprint density at radius 3 is 2.46 bits per heavy atom. The number of hydrogen-bond acceptors (Lipinski definition) is 0. The van der Waals surface area contributed by atoms with Gasteiger partial charge in [0.05, 0.1) is 11.0 Å². The van der Waals surface area contributed by atoms with Gasteiger partial charge < -0.3 is 4.57 Å². The average Bonchev–Trinajstić information content (AvgIpc) is 3.35. The van der Waals surface area contributed by atoms with Crippen molar-refractivity contribution in [2.45, 2.75) is 19.8 Å². The fraction of sp³-hybridized carbons (Fsp3) is 0.160. The highest BCUT2D eigenvalue weighted by Gasteiger charge is 2.21. The van der Waals surface area contributed by atoms with Gasteiger partial charge in [-0.15, -0.1) is 0 Å². The van der Waals surface area contributed by atoms with Crippen molar-refractivity contribution >= 4 is 33.5 Å². The van der Waals surface area contributed by atoms with Crippen molar-refractivity contribution in [3.8, 4) is 5.69 Å². The minimum absolute atomic E-state index is 1.01. The van der Waals surface area contributed by atoms with Crippen LogP contribution in [-0.4, -0.2) is 26.3 Å². The van der Waals surface area contributed by atoms with Crippen LogP contribution in [0.3, 0.4) is 0 Å². The van der Waals surface area contributed by atoms with Gasteiger partial charge in [0.15, 0.2) is 6.54 Å². The lowest BCUT2D eigenvalue weighted by molar-refractivity contribution is -0.460. The molecular weight excluding hydrogens is 342 g/mol. The number of nitrogens with zero attached hydrogens (tertiary/aromatic N) is 3. The van der Waals surface area contributed by atoms with E-state index in [1.54, 1.807) is 0 Å². The van der Waals surface area contributed by atoms with Crippen molar-refractivity contribution in [3.05, 3.63) is 85.2 Å². The van der Waals surface area contributed by atoms with E-state index in [2.05, 4.69) is 112 Å². The van der Waals surface area contributed by atoms with Crippen molar-refractivity contribution in [1.82, 2.24) is 4.57 Å². The molecule has 0 bridgehead atoms. The fourth-order valence-electron chi connectivity index (χ4n) is 3.91. The predicted molar refractivity (Wildman–Crippen MR) is 115 cm³/mol. The molecule has 0 fully saturated rings. The van der Waals surface area contributed by atoms with Crippen molar-refractivity contribution in [2.75, 3.05) is 6.54 Å². The van der Waals surface area contributed by atoms with E-state index in [0.717, 1.165) is 12.2 Å². The summed E-state index contributed by atoms with van der Waals surface area (Å²) in [5.74, 6) is 0. The van der Waals surface area contributed by atoms with Crippen LogP contribution in [0.25, 0.3) is 27.5 Å². The molecule has 4 aromatic rings. The lowest BCUT2D eigenvalue weighted by atomic mass is 10.1. The van der Waals surface area contributed by atoms with Crippen LogP contribution in [0.2, 0.25) is 0 Å². The Morgan fingerprint density at radius 2 is 1.61 bits per heavy atom. The molecule has 0 saturated carbocycles. The van der Waals surface area contributed by atoms with E-state index in [0.29, 0.717) is 0 Å². The van der Waals surface area contributed by atoms with Crippen LogP contribution in [0.1, 0.15) is 19.8 Å². The van der Waals surface area contributed by atoms with Crippen molar-refractivity contribution < 1.29 is 9.15 Å². The summed E-state index contributed by atoms with van der Waals surface area (Å²) in [6.07, 6.45) is 6.56. The zero-order valence-electron chi connectivity index (χ0n) is 16.0. The van der Waals surface area contributed by atoms with Gasteiger partial charge >= 0.3 is 6.01 Å². The first-order valence-corrected chi connectivity index (χ1v) is 9.94. The normalized spacial score (nSPS) is 13.3. The van der Waals surface area contributed by atoms with Gasteiger partial charge in [0, 0.05) is 35.0 Å². The summed E-state index contributed by atoms with van der Waals surface area (Å²) < 4.78 is 6.57. The van der Waals surface area contributed by atoms with E-state index < -0.39 is 0 Å². The van der Waals surface area contributed by atoms with Gasteiger partial charge in [-0.05, 0) is 24.3 Å². The molecule has 0 atom stereocenters. The van der Waals surface area contributed by atoms with E-state index >= 15 is 0 Å². The van der Waals surface area contributed by atoms with Gasteiger partial charge in [0.2, 0.25) is 11.9 Å². The second-order valence-electron chi connectivity index (χ2n) is 7.20. The topological polar surface area (TPSA) is 10.9 Å². The molecule has 0 amide bonds. The zero-order chi connectivity index (χ0) is 18.9. The number of para-hydroxylation sites is 2. The Bertz CT molecular complexity index is 1270. The minimum atomic E-state index is 1.01. The van der Waals surface area contributed by atoms with Crippen LogP contribution in [0, 0.1) is 0 Å². The second kappa shape index (κ2) is 6.95. The molecular formula is C25H23N3+2. The number of fused-ring (bicyclic) bond motifs is 3. The largest absolute Gasteiger partial charge is 0.495 e. The minimum Gasteiger partial charge on any atom is -0.309 e. The van der Waals surface area contributed by atoms with Crippen LogP contribution < -0.4 is 0 Å². The quantitative estimate of drug-likeness (QED) is 0.390. The highest BCUT2D eigenvalue weighted by Crippen LogP contribution is 2.34. The Balaban J connectivity index is 1.73.